The van der Waals surface area contributed by atoms with Crippen LogP contribution in [0.15, 0.2) is 18.2 Å². The number of hydrogen-bond acceptors (Lipinski definition) is 2. The number of carbonyl (C=O) groups excluding carboxylic acids is 1. The third-order valence-corrected chi connectivity index (χ3v) is 3.57. The first-order valence-corrected chi connectivity index (χ1v) is 6.48. The second-order valence-corrected chi connectivity index (χ2v) is 5.13. The summed E-state index contributed by atoms with van der Waals surface area (Å²) in [5.74, 6) is -1.19. The molecule has 0 aromatic heterocycles. The highest BCUT2D eigenvalue weighted by atomic mass is 35.5. The molecule has 1 fully saturated rings. The van der Waals surface area contributed by atoms with E-state index in [0.717, 1.165) is 44.0 Å². The second-order valence-electron chi connectivity index (χ2n) is 5.13. The highest BCUT2D eigenvalue weighted by Gasteiger charge is 2.33. The Hall–Kier alpha value is -1.20. The van der Waals surface area contributed by atoms with Crippen LogP contribution in [-0.4, -0.2) is 18.0 Å². The van der Waals surface area contributed by atoms with E-state index in [1.807, 2.05) is 6.92 Å². The fourth-order valence-electron chi connectivity index (χ4n) is 2.30. The number of piperidine rings is 1. The molecule has 1 unspecified atom stereocenters. The smallest absolute Gasteiger partial charge is 0.240 e. The maximum atomic E-state index is 13.4. The molecule has 1 aromatic rings. The van der Waals surface area contributed by atoms with Crippen molar-refractivity contribution in [2.45, 2.75) is 38.3 Å². The Labute approximate surface area is 123 Å². The molecule has 1 saturated heterocycles. The van der Waals surface area contributed by atoms with E-state index in [-0.39, 0.29) is 30.4 Å². The van der Waals surface area contributed by atoms with Gasteiger partial charge < -0.3 is 10.6 Å². The molecule has 6 heteroatoms. The second kappa shape index (κ2) is 6.99. The number of hydrogen-bond donors (Lipinski definition) is 2. The van der Waals surface area contributed by atoms with Gasteiger partial charge >= 0.3 is 0 Å². The average Bonchev–Trinajstić information content (AvgIpc) is 2.40. The summed E-state index contributed by atoms with van der Waals surface area (Å²) in [7, 11) is 0. The Balaban J connectivity index is 0.00000200. The molecule has 112 valence electrons. The Morgan fingerprint density at radius 2 is 2.15 bits per heavy atom. The molecule has 1 aromatic carbocycles. The number of amides is 1. The van der Waals surface area contributed by atoms with E-state index in [9.17, 15) is 13.6 Å². The molecular weight excluding hydrogens is 286 g/mol. The molecule has 1 atom stereocenters. The quantitative estimate of drug-likeness (QED) is 0.901. The highest BCUT2D eigenvalue weighted by molar-refractivity contribution is 5.86. The van der Waals surface area contributed by atoms with Crippen LogP contribution in [0, 0.1) is 11.6 Å². The summed E-state index contributed by atoms with van der Waals surface area (Å²) in [4.78, 5) is 12.1. The zero-order valence-electron chi connectivity index (χ0n) is 11.3. The van der Waals surface area contributed by atoms with E-state index in [1.54, 1.807) is 0 Å². The van der Waals surface area contributed by atoms with Crippen molar-refractivity contribution in [1.82, 2.24) is 10.6 Å². The van der Waals surface area contributed by atoms with Crippen LogP contribution in [0.2, 0.25) is 0 Å². The van der Waals surface area contributed by atoms with Gasteiger partial charge in [0, 0.05) is 12.1 Å². The van der Waals surface area contributed by atoms with Crippen molar-refractivity contribution in [3.63, 3.8) is 0 Å². The van der Waals surface area contributed by atoms with Gasteiger partial charge in [-0.25, -0.2) is 8.78 Å². The van der Waals surface area contributed by atoms with Crippen LogP contribution in [0.25, 0.3) is 0 Å². The summed E-state index contributed by atoms with van der Waals surface area (Å²) < 4.78 is 26.4. The molecule has 1 aliphatic heterocycles. The lowest BCUT2D eigenvalue weighted by Gasteiger charge is -2.33. The molecule has 20 heavy (non-hydrogen) atoms. The van der Waals surface area contributed by atoms with Crippen molar-refractivity contribution in [2.75, 3.05) is 6.54 Å². The molecule has 3 nitrogen and oxygen atoms in total. The minimum absolute atomic E-state index is 0. The van der Waals surface area contributed by atoms with Crippen molar-refractivity contribution < 1.29 is 13.6 Å². The molecule has 1 aliphatic rings. The Morgan fingerprint density at radius 1 is 1.40 bits per heavy atom. The highest BCUT2D eigenvalue weighted by Crippen LogP contribution is 2.19. The Morgan fingerprint density at radius 3 is 2.80 bits per heavy atom. The van der Waals surface area contributed by atoms with Gasteiger partial charge in [0.05, 0.1) is 5.54 Å². The molecule has 2 rings (SSSR count). The van der Waals surface area contributed by atoms with Gasteiger partial charge in [0.15, 0.2) is 0 Å². The van der Waals surface area contributed by atoms with Crippen LogP contribution in [0.4, 0.5) is 8.78 Å². The zero-order chi connectivity index (χ0) is 13.9. The molecule has 2 N–H and O–H groups in total. The predicted molar refractivity (Wildman–Crippen MR) is 75.7 cm³/mol. The minimum Gasteiger partial charge on any atom is -0.350 e. The maximum Gasteiger partial charge on any atom is 0.240 e. The van der Waals surface area contributed by atoms with Gasteiger partial charge in [0.25, 0.3) is 0 Å². The zero-order valence-corrected chi connectivity index (χ0v) is 12.2. The molecule has 0 spiro atoms. The third kappa shape index (κ3) is 3.90. The van der Waals surface area contributed by atoms with E-state index in [0.29, 0.717) is 0 Å². The average molecular weight is 305 g/mol. The van der Waals surface area contributed by atoms with Crippen LogP contribution >= 0.6 is 12.4 Å². The SMILES string of the molecule is CC1(C(=O)NCc2cc(F)ccc2F)CCCCN1.Cl. The topological polar surface area (TPSA) is 41.1 Å². The minimum atomic E-state index is -0.609. The summed E-state index contributed by atoms with van der Waals surface area (Å²) in [5.41, 5.74) is -0.449. The first kappa shape index (κ1) is 16.9. The van der Waals surface area contributed by atoms with Crippen LogP contribution in [0.3, 0.4) is 0 Å². The van der Waals surface area contributed by atoms with Gasteiger partial charge in [-0.05, 0) is 50.9 Å². The summed E-state index contributed by atoms with van der Waals surface area (Å²) in [6, 6.07) is 3.23. The Kier molecular flexibility index (Phi) is 5.89. The van der Waals surface area contributed by atoms with E-state index >= 15 is 0 Å². The fraction of sp³-hybridized carbons (Fsp3) is 0.500. The first-order chi connectivity index (χ1) is 9.01. The van der Waals surface area contributed by atoms with Gasteiger partial charge in [-0.1, -0.05) is 0 Å². The summed E-state index contributed by atoms with van der Waals surface area (Å²) in [6.07, 6.45) is 2.80. The number of rotatable bonds is 3. The van der Waals surface area contributed by atoms with Crippen LogP contribution < -0.4 is 10.6 Å². The Bertz CT molecular complexity index is 476. The standard InChI is InChI=1S/C14H18F2N2O.ClH/c1-14(6-2-3-7-18-14)13(19)17-9-10-8-11(15)4-5-12(10)16;/h4-5,8,18H,2-3,6-7,9H2,1H3,(H,17,19);1H. The number of nitrogens with one attached hydrogen (secondary N) is 2. The lowest BCUT2D eigenvalue weighted by molar-refractivity contribution is -0.128. The van der Waals surface area contributed by atoms with Crippen molar-refractivity contribution in [1.29, 1.82) is 0 Å². The predicted octanol–water partition coefficient (Wildman–Crippen LogP) is 2.54. The summed E-state index contributed by atoms with van der Waals surface area (Å²) in [6.45, 7) is 2.64. The molecule has 1 heterocycles. The molecule has 1 amide bonds. The van der Waals surface area contributed by atoms with E-state index in [4.69, 9.17) is 0 Å². The van der Waals surface area contributed by atoms with Gasteiger partial charge in [0.2, 0.25) is 5.91 Å². The van der Waals surface area contributed by atoms with Gasteiger partial charge in [-0.2, -0.15) is 0 Å². The van der Waals surface area contributed by atoms with Crippen molar-refractivity contribution in [2.24, 2.45) is 0 Å². The molecular formula is C14H19ClF2N2O. The van der Waals surface area contributed by atoms with E-state index in [2.05, 4.69) is 10.6 Å². The first-order valence-electron chi connectivity index (χ1n) is 6.48. The third-order valence-electron chi connectivity index (χ3n) is 3.57. The normalized spacial score (nSPS) is 21.9. The lowest BCUT2D eigenvalue weighted by atomic mass is 9.90. The molecule has 0 aliphatic carbocycles. The number of carbonyl (C=O) groups is 1. The van der Waals surface area contributed by atoms with Crippen LogP contribution in [-0.2, 0) is 11.3 Å². The van der Waals surface area contributed by atoms with Gasteiger partial charge in [-0.15, -0.1) is 12.4 Å². The van der Waals surface area contributed by atoms with Gasteiger partial charge in [-0.3, -0.25) is 4.79 Å². The van der Waals surface area contributed by atoms with E-state index < -0.39 is 17.2 Å². The molecule has 0 radical (unpaired) electrons. The maximum absolute atomic E-state index is 13.4. The van der Waals surface area contributed by atoms with Crippen LogP contribution in [0.5, 0.6) is 0 Å². The van der Waals surface area contributed by atoms with Crippen molar-refractivity contribution in [3.8, 4) is 0 Å². The van der Waals surface area contributed by atoms with Gasteiger partial charge in [0.1, 0.15) is 11.6 Å². The number of benzene rings is 1. The molecule has 0 saturated carbocycles. The molecule has 0 bridgehead atoms. The van der Waals surface area contributed by atoms with Crippen molar-refractivity contribution in [3.05, 3.63) is 35.4 Å². The lowest BCUT2D eigenvalue weighted by Crippen LogP contribution is -2.56. The summed E-state index contributed by atoms with van der Waals surface area (Å²) in [5, 5.41) is 5.85. The summed E-state index contributed by atoms with van der Waals surface area (Å²) >= 11 is 0. The number of halogens is 3. The fourth-order valence-corrected chi connectivity index (χ4v) is 2.30. The van der Waals surface area contributed by atoms with Crippen molar-refractivity contribution >= 4 is 18.3 Å². The van der Waals surface area contributed by atoms with Crippen LogP contribution in [0.1, 0.15) is 31.7 Å². The largest absolute Gasteiger partial charge is 0.350 e. The van der Waals surface area contributed by atoms with E-state index in [1.165, 1.54) is 0 Å². The monoisotopic (exact) mass is 304 g/mol.